The molecule has 0 saturated carbocycles. The van der Waals surface area contributed by atoms with E-state index in [1.165, 1.54) is 7.11 Å². The zero-order valence-corrected chi connectivity index (χ0v) is 22.7. The van der Waals surface area contributed by atoms with Gasteiger partial charge in [-0.05, 0) is 62.8 Å². The lowest BCUT2D eigenvalue weighted by Crippen LogP contribution is -2.46. The first-order chi connectivity index (χ1) is 18.6. The lowest BCUT2D eigenvalue weighted by Gasteiger charge is -2.33. The Morgan fingerprint density at radius 3 is 2.67 bits per heavy atom. The van der Waals surface area contributed by atoms with E-state index < -0.39 is 35.9 Å². The number of benzene rings is 2. The summed E-state index contributed by atoms with van der Waals surface area (Å²) >= 11 is 0. The summed E-state index contributed by atoms with van der Waals surface area (Å²) in [6.07, 6.45) is -4.96. The van der Waals surface area contributed by atoms with Crippen molar-refractivity contribution in [3.8, 4) is 17.6 Å². The fraction of sp³-hybridized carbons (Fsp3) is 0.407. The molecule has 0 aliphatic carbocycles. The van der Waals surface area contributed by atoms with Crippen LogP contribution in [0.15, 0.2) is 47.4 Å². The zero-order chi connectivity index (χ0) is 28.2. The van der Waals surface area contributed by atoms with Gasteiger partial charge < -0.3 is 24.8 Å². The van der Waals surface area contributed by atoms with Gasteiger partial charge in [0.25, 0.3) is 0 Å². The number of hydrogen-bond donors (Lipinski definition) is 3. The van der Waals surface area contributed by atoms with Crippen molar-refractivity contribution >= 4 is 33.3 Å². The van der Waals surface area contributed by atoms with Gasteiger partial charge in [-0.3, -0.25) is 0 Å². The lowest BCUT2D eigenvalue weighted by molar-refractivity contribution is -0.140. The Morgan fingerprint density at radius 2 is 1.97 bits per heavy atom. The lowest BCUT2D eigenvalue weighted by atomic mass is 10.0. The van der Waals surface area contributed by atoms with E-state index in [0.29, 0.717) is 45.9 Å². The number of hydrogen-bond acceptors (Lipinski definition) is 5. The van der Waals surface area contributed by atoms with E-state index in [-0.39, 0.29) is 12.2 Å². The average Bonchev–Trinajstić information content (AvgIpc) is 3.24. The number of methoxy groups -OCH3 is 1. The van der Waals surface area contributed by atoms with E-state index >= 15 is 0 Å². The number of halogens is 4. The maximum Gasteiger partial charge on any atom is 0.406 e. The average molecular weight is 566 g/mol. The Bertz CT molecular complexity index is 1400. The molecule has 1 saturated heterocycles. The number of fused-ring (bicyclic) bond motifs is 1. The minimum Gasteiger partial charge on any atom is -0.495 e. The summed E-state index contributed by atoms with van der Waals surface area (Å²) in [5.74, 6) is 6.20. The van der Waals surface area contributed by atoms with E-state index in [1.807, 2.05) is 11.9 Å². The van der Waals surface area contributed by atoms with E-state index in [9.17, 15) is 21.8 Å². The van der Waals surface area contributed by atoms with Crippen molar-refractivity contribution in [2.24, 2.45) is 0 Å². The first-order valence-corrected chi connectivity index (χ1v) is 13.5. The van der Waals surface area contributed by atoms with Crippen LogP contribution in [0.25, 0.3) is 10.9 Å². The van der Waals surface area contributed by atoms with E-state index in [0.717, 1.165) is 11.1 Å². The third kappa shape index (κ3) is 7.03. The second-order valence-corrected chi connectivity index (χ2v) is 10.7. The van der Waals surface area contributed by atoms with E-state index in [4.69, 9.17) is 4.74 Å². The van der Waals surface area contributed by atoms with Gasteiger partial charge in [0.1, 0.15) is 29.5 Å². The first kappa shape index (κ1) is 28.7. The highest BCUT2D eigenvalue weighted by atomic mass is 32.2. The summed E-state index contributed by atoms with van der Waals surface area (Å²) in [4.78, 5) is 2.45. The number of likely N-dealkylation sites (tertiary alicyclic amines) is 1. The number of piperidine rings is 1. The quantitative estimate of drug-likeness (QED) is 0.280. The Morgan fingerprint density at radius 1 is 1.18 bits per heavy atom. The zero-order valence-electron chi connectivity index (χ0n) is 21.9. The minimum atomic E-state index is -4.45. The number of nitrogens with zero attached hydrogens (tertiary/aromatic N) is 2. The molecule has 1 aromatic heterocycles. The van der Waals surface area contributed by atoms with Crippen LogP contribution in [0.3, 0.4) is 0 Å². The van der Waals surface area contributed by atoms with Crippen molar-refractivity contribution in [2.45, 2.75) is 36.3 Å². The monoisotopic (exact) mass is 565 g/mol. The molecule has 0 amide bonds. The molecule has 2 heterocycles. The molecular weight excluding hydrogens is 534 g/mol. The summed E-state index contributed by atoms with van der Waals surface area (Å²) in [7, 11) is 3.54. The van der Waals surface area contributed by atoms with Crippen molar-refractivity contribution in [3.63, 3.8) is 0 Å². The van der Waals surface area contributed by atoms with Crippen LogP contribution in [-0.2, 0) is 17.5 Å². The molecule has 1 unspecified atom stereocenters. The molecule has 12 heteroatoms. The molecule has 0 spiro atoms. The van der Waals surface area contributed by atoms with Crippen molar-refractivity contribution in [2.75, 3.05) is 51.5 Å². The molecule has 4 rings (SSSR count). The minimum absolute atomic E-state index is 0.128. The molecule has 1 aliphatic rings. The molecule has 39 heavy (non-hydrogen) atoms. The topological polar surface area (TPSA) is 70.6 Å². The molecule has 0 bridgehead atoms. The molecule has 3 aromatic rings. The van der Waals surface area contributed by atoms with Gasteiger partial charge in [0, 0.05) is 24.2 Å². The number of alkyl halides is 4. The fourth-order valence-corrected chi connectivity index (χ4v) is 5.25. The molecule has 1 aliphatic heterocycles. The third-order valence-electron chi connectivity index (χ3n) is 6.52. The molecule has 7 nitrogen and oxygen atoms in total. The van der Waals surface area contributed by atoms with Crippen LogP contribution in [-0.4, -0.2) is 72.9 Å². The summed E-state index contributed by atoms with van der Waals surface area (Å²) in [5, 5.41) is 6.86. The smallest absolute Gasteiger partial charge is 0.406 e. The standard InChI is InChI=1S/C27H31F4N5O2S/c1-32-39(37)19-9-10-24(26(15-19)38-3)33-12-5-6-18-14-20-22(34-23-11-13-35(2)16-21(23)28)7-4-8-25(20)36(18)17-27(29,30)31/h4,7-10,14-15,21,23,32-34H,11-13,16-17H2,1-3H3/t21-,23+,39?/m0/s1. The van der Waals surface area contributed by atoms with Crippen molar-refractivity contribution in [1.82, 2.24) is 14.2 Å². The van der Waals surface area contributed by atoms with Crippen molar-refractivity contribution in [3.05, 3.63) is 48.2 Å². The van der Waals surface area contributed by atoms with Gasteiger partial charge in [-0.15, -0.1) is 0 Å². The molecule has 0 radical (unpaired) electrons. The van der Waals surface area contributed by atoms with Gasteiger partial charge in [-0.25, -0.2) is 13.3 Å². The van der Waals surface area contributed by atoms with Gasteiger partial charge in [0.05, 0.1) is 41.5 Å². The number of ether oxygens (including phenoxy) is 1. The van der Waals surface area contributed by atoms with Gasteiger partial charge in [0.2, 0.25) is 0 Å². The van der Waals surface area contributed by atoms with E-state index in [2.05, 4.69) is 27.2 Å². The highest BCUT2D eigenvalue weighted by Crippen LogP contribution is 2.32. The number of rotatable bonds is 8. The number of anilines is 2. The Balaban J connectivity index is 1.59. The van der Waals surface area contributed by atoms with Gasteiger partial charge in [-0.1, -0.05) is 12.0 Å². The van der Waals surface area contributed by atoms with Gasteiger partial charge >= 0.3 is 6.18 Å². The first-order valence-electron chi connectivity index (χ1n) is 12.4. The Labute approximate surface area is 227 Å². The van der Waals surface area contributed by atoms with Crippen LogP contribution in [0.2, 0.25) is 0 Å². The molecule has 3 atom stereocenters. The van der Waals surface area contributed by atoms with Gasteiger partial charge in [0.15, 0.2) is 0 Å². The third-order valence-corrected chi connectivity index (χ3v) is 7.58. The Hall–Kier alpha value is -3.27. The maximum atomic E-state index is 14.7. The summed E-state index contributed by atoms with van der Waals surface area (Å²) < 4.78 is 76.3. The number of aromatic nitrogens is 1. The predicted molar refractivity (Wildman–Crippen MR) is 146 cm³/mol. The maximum absolute atomic E-state index is 14.7. The highest BCUT2D eigenvalue weighted by Gasteiger charge is 2.31. The molecule has 1 fully saturated rings. The van der Waals surface area contributed by atoms with Crippen molar-refractivity contribution < 1.29 is 26.5 Å². The molecule has 2 aromatic carbocycles. The second-order valence-electron chi connectivity index (χ2n) is 9.28. The normalized spacial score (nSPS) is 18.8. The van der Waals surface area contributed by atoms with Gasteiger partial charge in [-0.2, -0.15) is 13.2 Å². The summed E-state index contributed by atoms with van der Waals surface area (Å²) in [5.41, 5.74) is 1.75. The van der Waals surface area contributed by atoms with Crippen LogP contribution in [0, 0.1) is 11.8 Å². The highest BCUT2D eigenvalue weighted by molar-refractivity contribution is 7.83. The van der Waals surface area contributed by atoms with Crippen molar-refractivity contribution in [1.29, 1.82) is 0 Å². The SMILES string of the molecule is CNS(=O)c1ccc(NCC#Cc2cc3c(N[C@@H]4CCN(C)C[C@@H]4F)cccc3n2CC(F)(F)F)c(OC)c1. The predicted octanol–water partition coefficient (Wildman–Crippen LogP) is 4.37. The largest absolute Gasteiger partial charge is 0.495 e. The molecule has 3 N–H and O–H groups in total. The molecule has 210 valence electrons. The fourth-order valence-electron chi connectivity index (χ4n) is 4.61. The summed E-state index contributed by atoms with van der Waals surface area (Å²) in [6.45, 7) is -0.0428. The Kier molecular flexibility index (Phi) is 9.04. The second kappa shape index (κ2) is 12.3. The number of nitrogens with one attached hydrogen (secondary N) is 3. The van der Waals surface area contributed by atoms with Crippen LogP contribution < -0.4 is 20.1 Å². The van der Waals surface area contributed by atoms with Crippen LogP contribution >= 0.6 is 0 Å². The molecular formula is C27H31F4N5O2S. The van der Waals surface area contributed by atoms with E-state index in [1.54, 1.807) is 49.5 Å². The van der Waals surface area contributed by atoms with Crippen LogP contribution in [0.5, 0.6) is 5.75 Å². The van der Waals surface area contributed by atoms with Crippen LogP contribution in [0.4, 0.5) is 28.9 Å². The summed E-state index contributed by atoms with van der Waals surface area (Å²) in [6, 6.07) is 11.2. The van der Waals surface area contributed by atoms with Crippen LogP contribution in [0.1, 0.15) is 12.1 Å².